The van der Waals surface area contributed by atoms with Gasteiger partial charge in [-0.1, -0.05) is 20.8 Å². The van der Waals surface area contributed by atoms with Crippen molar-refractivity contribution in [1.82, 2.24) is 0 Å². The molecule has 4 rings (SSSR count). The van der Waals surface area contributed by atoms with Gasteiger partial charge in [-0.15, -0.1) is 0 Å². The van der Waals surface area contributed by atoms with Crippen LogP contribution >= 0.6 is 0 Å². The molecule has 7 heteroatoms. The minimum Gasteiger partial charge on any atom is -0.508 e. The third-order valence-corrected chi connectivity index (χ3v) is 7.81. The highest BCUT2D eigenvalue weighted by Crippen LogP contribution is 2.64. The minimum absolute atomic E-state index is 0.0371. The summed E-state index contributed by atoms with van der Waals surface area (Å²) >= 11 is 0. The fourth-order valence-corrected chi connectivity index (χ4v) is 5.96. The van der Waals surface area contributed by atoms with Gasteiger partial charge in [-0.25, -0.2) is 4.79 Å². The van der Waals surface area contributed by atoms with Crippen molar-refractivity contribution in [3.05, 3.63) is 29.8 Å². The van der Waals surface area contributed by atoms with Crippen LogP contribution in [0.3, 0.4) is 0 Å². The molecule has 7 nitrogen and oxygen atoms in total. The Balaban J connectivity index is 1.73. The molecular weight excluding hydrogens is 400 g/mol. The average Bonchev–Trinajstić information content (AvgIpc) is 3.23. The molecule has 1 saturated heterocycles. The van der Waals surface area contributed by atoms with Gasteiger partial charge >= 0.3 is 11.9 Å². The fraction of sp³-hybridized carbons (Fsp3) is 0.667. The van der Waals surface area contributed by atoms with Crippen molar-refractivity contribution in [3.63, 3.8) is 0 Å². The lowest BCUT2D eigenvalue weighted by Crippen LogP contribution is -2.51. The molecule has 0 unspecified atom stereocenters. The Morgan fingerprint density at radius 1 is 1.10 bits per heavy atom. The zero-order valence-electron chi connectivity index (χ0n) is 18.8. The first-order chi connectivity index (χ1) is 14.4. The van der Waals surface area contributed by atoms with Gasteiger partial charge in [0.25, 0.3) is 0 Å². The van der Waals surface area contributed by atoms with Crippen LogP contribution in [0.2, 0.25) is 0 Å². The van der Waals surface area contributed by atoms with Crippen LogP contribution in [0, 0.1) is 17.3 Å². The third-order valence-electron chi connectivity index (χ3n) is 7.81. The lowest BCUT2D eigenvalue weighted by molar-refractivity contribution is -0.155. The molecule has 3 aliphatic rings. The molecule has 1 aromatic rings. The molecule has 0 spiro atoms. The first kappa shape index (κ1) is 22.1. The molecule has 2 aliphatic carbocycles. The van der Waals surface area contributed by atoms with Gasteiger partial charge in [-0.05, 0) is 43.5 Å². The van der Waals surface area contributed by atoms with Crippen LogP contribution in [0.4, 0.5) is 0 Å². The number of rotatable bonds is 4. The fourth-order valence-electron chi connectivity index (χ4n) is 5.96. The normalized spacial score (nSPS) is 41.1. The summed E-state index contributed by atoms with van der Waals surface area (Å²) in [5.41, 5.74) is -1.89. The number of hydrogen-bond donors (Lipinski definition) is 2. The van der Waals surface area contributed by atoms with Crippen LogP contribution in [-0.2, 0) is 19.0 Å². The number of fused-ring (bicyclic) bond motifs is 2. The van der Waals surface area contributed by atoms with Crippen molar-refractivity contribution in [1.29, 1.82) is 0 Å². The van der Waals surface area contributed by atoms with Gasteiger partial charge in [0.2, 0.25) is 0 Å². The van der Waals surface area contributed by atoms with Crippen LogP contribution in [0.5, 0.6) is 5.75 Å². The molecule has 3 fully saturated rings. The standard InChI is InChI=1S/C24H32O7/c1-13(2)24(28)12-18(29-14(3)25)22(4)11-19-23(5,31-19)10-17(20(22)24)30-21(27)15-6-8-16(26)9-7-15/h6-9,13,17-20,26,28H,10-12H2,1-5H3/t17-,18-,19-,20+,22-,23+,24+/m0/s1. The van der Waals surface area contributed by atoms with Crippen LogP contribution in [0.1, 0.15) is 64.2 Å². The molecule has 1 aliphatic heterocycles. The van der Waals surface area contributed by atoms with Crippen molar-refractivity contribution >= 4 is 11.9 Å². The van der Waals surface area contributed by atoms with Crippen molar-refractivity contribution in [2.24, 2.45) is 17.3 Å². The van der Waals surface area contributed by atoms with Gasteiger partial charge in [-0.3, -0.25) is 4.79 Å². The van der Waals surface area contributed by atoms with E-state index < -0.39 is 40.7 Å². The van der Waals surface area contributed by atoms with Crippen molar-refractivity contribution in [2.75, 3.05) is 0 Å². The highest BCUT2D eigenvalue weighted by Gasteiger charge is 2.71. The van der Waals surface area contributed by atoms with Crippen molar-refractivity contribution in [2.45, 2.75) is 83.4 Å². The lowest BCUT2D eigenvalue weighted by Gasteiger charge is -2.44. The Bertz CT molecular complexity index is 880. The second-order valence-corrected chi connectivity index (χ2v) is 10.2. The zero-order chi connectivity index (χ0) is 22.8. The average molecular weight is 433 g/mol. The topological polar surface area (TPSA) is 106 Å². The highest BCUT2D eigenvalue weighted by molar-refractivity contribution is 5.89. The van der Waals surface area contributed by atoms with E-state index in [4.69, 9.17) is 14.2 Å². The first-order valence-corrected chi connectivity index (χ1v) is 11.0. The zero-order valence-corrected chi connectivity index (χ0v) is 18.8. The second-order valence-electron chi connectivity index (χ2n) is 10.2. The predicted octanol–water partition coefficient (Wildman–Crippen LogP) is 3.21. The van der Waals surface area contributed by atoms with Gasteiger partial charge in [0, 0.05) is 31.1 Å². The number of carbonyl (C=O) groups excluding carboxylic acids is 2. The number of aromatic hydroxyl groups is 1. The van der Waals surface area contributed by atoms with E-state index in [1.54, 1.807) is 0 Å². The van der Waals surface area contributed by atoms with Gasteiger partial charge in [0.05, 0.1) is 22.9 Å². The van der Waals surface area contributed by atoms with E-state index in [1.165, 1.54) is 31.2 Å². The maximum absolute atomic E-state index is 13.0. The Morgan fingerprint density at radius 3 is 2.32 bits per heavy atom. The number of ether oxygens (including phenoxy) is 3. The highest BCUT2D eigenvalue weighted by atomic mass is 16.6. The molecule has 2 saturated carbocycles. The number of esters is 2. The van der Waals surface area contributed by atoms with Crippen molar-refractivity contribution < 1.29 is 34.0 Å². The predicted molar refractivity (Wildman–Crippen MR) is 111 cm³/mol. The molecule has 1 aromatic carbocycles. The van der Waals surface area contributed by atoms with E-state index in [0.29, 0.717) is 24.8 Å². The Hall–Kier alpha value is -2.12. The number of benzene rings is 1. The molecule has 2 N–H and O–H groups in total. The summed E-state index contributed by atoms with van der Waals surface area (Å²) in [5, 5.41) is 21.4. The number of phenols is 1. The number of aliphatic hydroxyl groups is 1. The third kappa shape index (κ3) is 3.61. The maximum Gasteiger partial charge on any atom is 0.338 e. The SMILES string of the molecule is CC(=O)O[C@H]1C[C@@](O)(C(C)C)[C@@H]2[C@@H](OC(=O)c3ccc(O)cc3)C[C@@]3(C)O[C@H]3C[C@@]12C. The van der Waals surface area contributed by atoms with E-state index in [1.807, 2.05) is 27.7 Å². The summed E-state index contributed by atoms with van der Waals surface area (Å²) in [6, 6.07) is 5.89. The van der Waals surface area contributed by atoms with E-state index >= 15 is 0 Å². The van der Waals surface area contributed by atoms with Crippen LogP contribution in [-0.4, -0.2) is 51.7 Å². The van der Waals surface area contributed by atoms with Crippen LogP contribution < -0.4 is 0 Å². The summed E-state index contributed by atoms with van der Waals surface area (Å²) in [6.07, 6.45) is 0.227. The molecule has 0 aromatic heterocycles. The van der Waals surface area contributed by atoms with E-state index in [-0.39, 0.29) is 23.7 Å². The molecule has 1 heterocycles. The van der Waals surface area contributed by atoms with Crippen LogP contribution in [0.25, 0.3) is 0 Å². The second kappa shape index (κ2) is 7.20. The number of carbonyl (C=O) groups is 2. The molecule has 170 valence electrons. The van der Waals surface area contributed by atoms with Crippen molar-refractivity contribution in [3.8, 4) is 5.75 Å². The molecule has 7 atom stereocenters. The van der Waals surface area contributed by atoms with Gasteiger partial charge in [0.15, 0.2) is 0 Å². The summed E-state index contributed by atoms with van der Waals surface area (Å²) in [6.45, 7) is 9.28. The smallest absolute Gasteiger partial charge is 0.338 e. The largest absolute Gasteiger partial charge is 0.508 e. The maximum atomic E-state index is 13.0. The van der Waals surface area contributed by atoms with E-state index in [2.05, 4.69) is 0 Å². The summed E-state index contributed by atoms with van der Waals surface area (Å²) < 4.78 is 17.7. The summed E-state index contributed by atoms with van der Waals surface area (Å²) in [7, 11) is 0. The molecule has 0 radical (unpaired) electrons. The Kier molecular flexibility index (Phi) is 5.13. The Morgan fingerprint density at radius 2 is 1.74 bits per heavy atom. The first-order valence-electron chi connectivity index (χ1n) is 11.0. The van der Waals surface area contributed by atoms with Crippen LogP contribution in [0.15, 0.2) is 24.3 Å². The summed E-state index contributed by atoms with van der Waals surface area (Å²) in [5.74, 6) is -1.39. The molecule has 0 amide bonds. The van der Waals surface area contributed by atoms with Gasteiger partial charge in [0.1, 0.15) is 18.0 Å². The molecular formula is C24H32O7. The van der Waals surface area contributed by atoms with E-state index in [0.717, 1.165) is 0 Å². The minimum atomic E-state index is -1.16. The van der Waals surface area contributed by atoms with Gasteiger partial charge < -0.3 is 24.4 Å². The number of phenolic OH excluding ortho intramolecular Hbond substituents is 1. The monoisotopic (exact) mass is 432 g/mol. The Labute approximate surface area is 182 Å². The summed E-state index contributed by atoms with van der Waals surface area (Å²) in [4.78, 5) is 24.9. The quantitative estimate of drug-likeness (QED) is 0.556. The van der Waals surface area contributed by atoms with E-state index in [9.17, 15) is 19.8 Å². The number of epoxide rings is 1. The molecule has 31 heavy (non-hydrogen) atoms. The van der Waals surface area contributed by atoms with Gasteiger partial charge in [-0.2, -0.15) is 0 Å². The lowest BCUT2D eigenvalue weighted by atomic mass is 9.67. The number of hydrogen-bond acceptors (Lipinski definition) is 7. The molecule has 0 bridgehead atoms.